The minimum Gasteiger partial charge on any atom is -0.478 e. The maximum Gasteiger partial charge on any atom is 0.336 e. The first-order valence-corrected chi connectivity index (χ1v) is 9.80. The number of carboxylic acid groups (broad SMARTS) is 1. The van der Waals surface area contributed by atoms with Crippen molar-refractivity contribution < 1.29 is 19.4 Å². The van der Waals surface area contributed by atoms with E-state index in [1.807, 2.05) is 23.1 Å². The molecule has 3 rings (SSSR count). The lowest BCUT2D eigenvalue weighted by molar-refractivity contribution is 0.0484. The molecule has 5 nitrogen and oxygen atoms in total. The molecule has 1 saturated heterocycles. The van der Waals surface area contributed by atoms with Gasteiger partial charge in [0.15, 0.2) is 0 Å². The Kier molecular flexibility index (Phi) is 6.47. The monoisotopic (exact) mass is 381 g/mol. The van der Waals surface area contributed by atoms with E-state index in [2.05, 4.69) is 13.8 Å². The van der Waals surface area contributed by atoms with Crippen LogP contribution in [-0.4, -0.2) is 47.7 Å². The lowest BCUT2D eigenvalue weighted by Gasteiger charge is -2.19. The predicted molar refractivity (Wildman–Crippen MR) is 109 cm³/mol. The molecule has 1 amide bonds. The van der Waals surface area contributed by atoms with Gasteiger partial charge in [-0.05, 0) is 42.0 Å². The molecule has 0 aliphatic carbocycles. The maximum atomic E-state index is 13.2. The van der Waals surface area contributed by atoms with Gasteiger partial charge in [-0.2, -0.15) is 0 Å². The molecule has 1 aliphatic rings. The SMILES string of the molecule is CC(C)CCOC1CCN(C(=O)c2ccccc2-c2ccccc2C(=O)O)C1. The summed E-state index contributed by atoms with van der Waals surface area (Å²) in [4.78, 5) is 26.6. The molecule has 0 saturated carbocycles. The number of aromatic carboxylic acids is 1. The van der Waals surface area contributed by atoms with Crippen LogP contribution in [0, 0.1) is 5.92 Å². The molecule has 148 valence electrons. The highest BCUT2D eigenvalue weighted by Crippen LogP contribution is 2.29. The summed E-state index contributed by atoms with van der Waals surface area (Å²) in [6.07, 6.45) is 1.91. The Bertz CT molecular complexity index is 846. The van der Waals surface area contributed by atoms with E-state index in [1.54, 1.807) is 30.3 Å². The van der Waals surface area contributed by atoms with Gasteiger partial charge in [0.05, 0.1) is 11.7 Å². The standard InChI is InChI=1S/C23H27NO4/c1-16(2)12-14-28-17-11-13-24(15-17)22(25)20-9-5-3-7-18(20)19-8-4-6-10-21(19)23(26)27/h3-10,16-17H,11-15H2,1-2H3,(H,26,27). The summed E-state index contributed by atoms with van der Waals surface area (Å²) in [5.74, 6) is -0.483. The van der Waals surface area contributed by atoms with Gasteiger partial charge in [0.25, 0.3) is 5.91 Å². The summed E-state index contributed by atoms with van der Waals surface area (Å²) in [6, 6.07) is 14.0. The van der Waals surface area contributed by atoms with Crippen molar-refractivity contribution in [1.29, 1.82) is 0 Å². The van der Waals surface area contributed by atoms with E-state index in [0.29, 0.717) is 42.3 Å². The molecular formula is C23H27NO4. The largest absolute Gasteiger partial charge is 0.478 e. The summed E-state index contributed by atoms with van der Waals surface area (Å²) >= 11 is 0. The molecule has 5 heteroatoms. The third-order valence-electron chi connectivity index (χ3n) is 5.09. The first-order valence-electron chi connectivity index (χ1n) is 9.80. The molecule has 0 radical (unpaired) electrons. The molecule has 0 spiro atoms. The van der Waals surface area contributed by atoms with Crippen molar-refractivity contribution in [2.45, 2.75) is 32.8 Å². The van der Waals surface area contributed by atoms with Crippen molar-refractivity contribution in [3.8, 4) is 11.1 Å². The fourth-order valence-electron chi connectivity index (χ4n) is 3.50. The highest BCUT2D eigenvalue weighted by molar-refractivity contribution is 6.04. The second kappa shape index (κ2) is 9.02. The number of ether oxygens (including phenoxy) is 1. The number of rotatable bonds is 7. The van der Waals surface area contributed by atoms with Crippen molar-refractivity contribution >= 4 is 11.9 Å². The number of nitrogens with zero attached hydrogens (tertiary/aromatic N) is 1. The van der Waals surface area contributed by atoms with E-state index in [0.717, 1.165) is 12.8 Å². The van der Waals surface area contributed by atoms with Crippen molar-refractivity contribution in [2.24, 2.45) is 5.92 Å². The number of hydrogen-bond acceptors (Lipinski definition) is 3. The first-order chi connectivity index (χ1) is 13.5. The van der Waals surface area contributed by atoms with E-state index in [-0.39, 0.29) is 17.6 Å². The maximum absolute atomic E-state index is 13.2. The third kappa shape index (κ3) is 4.60. The molecule has 2 aromatic carbocycles. The van der Waals surface area contributed by atoms with Crippen LogP contribution in [0.4, 0.5) is 0 Å². The van der Waals surface area contributed by atoms with Gasteiger partial charge >= 0.3 is 5.97 Å². The minimum absolute atomic E-state index is 0.0705. The predicted octanol–water partition coefficient (Wildman–Crippen LogP) is 4.33. The van der Waals surface area contributed by atoms with Gasteiger partial charge < -0.3 is 14.7 Å². The highest BCUT2D eigenvalue weighted by atomic mass is 16.5. The lowest BCUT2D eigenvalue weighted by Crippen LogP contribution is -2.30. The fourth-order valence-corrected chi connectivity index (χ4v) is 3.50. The minimum atomic E-state index is -1.00. The Hall–Kier alpha value is -2.66. The fraction of sp³-hybridized carbons (Fsp3) is 0.391. The topological polar surface area (TPSA) is 66.8 Å². The number of amides is 1. The van der Waals surface area contributed by atoms with Crippen LogP contribution in [0.5, 0.6) is 0 Å². The highest BCUT2D eigenvalue weighted by Gasteiger charge is 2.29. The van der Waals surface area contributed by atoms with E-state index < -0.39 is 5.97 Å². The number of carbonyl (C=O) groups excluding carboxylic acids is 1. The molecule has 2 aromatic rings. The molecule has 28 heavy (non-hydrogen) atoms. The molecule has 0 aromatic heterocycles. The second-order valence-corrected chi connectivity index (χ2v) is 7.61. The van der Waals surface area contributed by atoms with Gasteiger partial charge in [-0.3, -0.25) is 4.79 Å². The van der Waals surface area contributed by atoms with Gasteiger partial charge in [0, 0.05) is 25.3 Å². The van der Waals surface area contributed by atoms with Gasteiger partial charge in [-0.15, -0.1) is 0 Å². The molecule has 1 atom stereocenters. The summed E-state index contributed by atoms with van der Waals surface area (Å²) in [5.41, 5.74) is 1.93. The molecule has 1 aliphatic heterocycles. The molecule has 1 heterocycles. The Morgan fingerprint density at radius 2 is 1.68 bits per heavy atom. The molecule has 0 bridgehead atoms. The first kappa shape index (κ1) is 20.1. The van der Waals surface area contributed by atoms with Crippen LogP contribution < -0.4 is 0 Å². The zero-order valence-electron chi connectivity index (χ0n) is 16.4. The van der Waals surface area contributed by atoms with E-state index in [9.17, 15) is 14.7 Å². The van der Waals surface area contributed by atoms with Crippen molar-refractivity contribution in [2.75, 3.05) is 19.7 Å². The zero-order valence-corrected chi connectivity index (χ0v) is 16.4. The summed E-state index contributed by atoms with van der Waals surface area (Å²) in [5, 5.41) is 9.51. The Labute approximate surface area is 165 Å². The zero-order chi connectivity index (χ0) is 20.1. The number of carboxylic acids is 1. The van der Waals surface area contributed by atoms with Crippen LogP contribution in [0.2, 0.25) is 0 Å². The smallest absolute Gasteiger partial charge is 0.336 e. The van der Waals surface area contributed by atoms with E-state index in [1.165, 1.54) is 0 Å². The van der Waals surface area contributed by atoms with Crippen LogP contribution in [0.25, 0.3) is 11.1 Å². The van der Waals surface area contributed by atoms with Crippen LogP contribution >= 0.6 is 0 Å². The Morgan fingerprint density at radius 3 is 2.32 bits per heavy atom. The summed E-state index contributed by atoms with van der Waals surface area (Å²) < 4.78 is 5.92. The molecule has 1 fully saturated rings. The molecular weight excluding hydrogens is 354 g/mol. The number of likely N-dealkylation sites (tertiary alicyclic amines) is 1. The average Bonchev–Trinajstić information content (AvgIpc) is 3.16. The normalized spacial score (nSPS) is 16.5. The van der Waals surface area contributed by atoms with Gasteiger partial charge in [-0.25, -0.2) is 4.79 Å². The van der Waals surface area contributed by atoms with Crippen LogP contribution in [0.3, 0.4) is 0 Å². The third-order valence-corrected chi connectivity index (χ3v) is 5.09. The molecule has 1 N–H and O–H groups in total. The quantitative estimate of drug-likeness (QED) is 0.775. The Balaban J connectivity index is 1.79. The van der Waals surface area contributed by atoms with Gasteiger partial charge in [-0.1, -0.05) is 50.2 Å². The summed E-state index contributed by atoms with van der Waals surface area (Å²) in [6.45, 7) is 6.28. The van der Waals surface area contributed by atoms with E-state index in [4.69, 9.17) is 4.74 Å². The van der Waals surface area contributed by atoms with Gasteiger partial charge in [0.1, 0.15) is 0 Å². The van der Waals surface area contributed by atoms with Crippen molar-refractivity contribution in [3.63, 3.8) is 0 Å². The number of benzene rings is 2. The Morgan fingerprint density at radius 1 is 1.07 bits per heavy atom. The summed E-state index contributed by atoms with van der Waals surface area (Å²) in [7, 11) is 0. The lowest BCUT2D eigenvalue weighted by atomic mass is 9.95. The number of hydrogen-bond donors (Lipinski definition) is 1. The van der Waals surface area contributed by atoms with Gasteiger partial charge in [0.2, 0.25) is 0 Å². The van der Waals surface area contributed by atoms with Crippen molar-refractivity contribution in [3.05, 3.63) is 59.7 Å². The van der Waals surface area contributed by atoms with Crippen molar-refractivity contribution in [1.82, 2.24) is 4.90 Å². The second-order valence-electron chi connectivity index (χ2n) is 7.61. The molecule has 1 unspecified atom stereocenters. The van der Waals surface area contributed by atoms with Crippen LogP contribution in [0.1, 0.15) is 47.4 Å². The van der Waals surface area contributed by atoms with Crippen LogP contribution in [0.15, 0.2) is 48.5 Å². The van der Waals surface area contributed by atoms with E-state index >= 15 is 0 Å². The average molecular weight is 381 g/mol. The number of carbonyl (C=O) groups is 2. The van der Waals surface area contributed by atoms with Crippen LogP contribution in [-0.2, 0) is 4.74 Å².